The number of methoxy groups -OCH3 is 1. The zero-order chi connectivity index (χ0) is 18.0. The van der Waals surface area contributed by atoms with Crippen LogP contribution in [0, 0.1) is 5.82 Å². The topological polar surface area (TPSA) is 66.5 Å². The summed E-state index contributed by atoms with van der Waals surface area (Å²) in [6.07, 6.45) is 1.37. The molecule has 2 aliphatic heterocycles. The van der Waals surface area contributed by atoms with E-state index in [1.807, 2.05) is 0 Å². The summed E-state index contributed by atoms with van der Waals surface area (Å²) in [5.74, 6) is -3.75. The van der Waals surface area contributed by atoms with Crippen molar-refractivity contribution in [2.45, 2.75) is 37.8 Å². The molecule has 25 heavy (non-hydrogen) atoms. The maximum atomic E-state index is 14.4. The molecule has 0 spiro atoms. The van der Waals surface area contributed by atoms with E-state index in [-0.39, 0.29) is 43.2 Å². The van der Waals surface area contributed by atoms with Crippen molar-refractivity contribution in [2.24, 2.45) is 0 Å². The van der Waals surface area contributed by atoms with E-state index in [0.29, 0.717) is 5.56 Å². The minimum absolute atomic E-state index is 0.0313. The van der Waals surface area contributed by atoms with Gasteiger partial charge in [-0.2, -0.15) is 4.98 Å². The maximum absolute atomic E-state index is 14.4. The van der Waals surface area contributed by atoms with E-state index < -0.39 is 18.3 Å². The van der Waals surface area contributed by atoms with Crippen LogP contribution in [0.5, 0.6) is 5.88 Å². The van der Waals surface area contributed by atoms with Gasteiger partial charge in [0.2, 0.25) is 11.8 Å². The summed E-state index contributed by atoms with van der Waals surface area (Å²) in [4.78, 5) is 17.3. The molecule has 6 nitrogen and oxygen atoms in total. The normalized spacial score (nSPS) is 22.2. The maximum Gasteiger partial charge on any atom is 0.266 e. The van der Waals surface area contributed by atoms with Gasteiger partial charge in [0, 0.05) is 25.1 Å². The van der Waals surface area contributed by atoms with E-state index in [1.54, 1.807) is 0 Å². The summed E-state index contributed by atoms with van der Waals surface area (Å²) >= 11 is 0. The summed E-state index contributed by atoms with van der Waals surface area (Å²) in [7, 11) is 1.37. The summed E-state index contributed by atoms with van der Waals surface area (Å²) in [5, 5.41) is 5.80. The molecule has 2 aliphatic rings. The van der Waals surface area contributed by atoms with Crippen molar-refractivity contribution in [1.29, 1.82) is 0 Å². The van der Waals surface area contributed by atoms with Crippen LogP contribution in [0.3, 0.4) is 0 Å². The second-order valence-electron chi connectivity index (χ2n) is 6.36. The van der Waals surface area contributed by atoms with Crippen LogP contribution in [0.25, 0.3) is 0 Å². The number of pyridine rings is 1. The third-order valence-corrected chi connectivity index (χ3v) is 4.49. The zero-order valence-corrected chi connectivity index (χ0v) is 13.9. The fourth-order valence-corrected chi connectivity index (χ4v) is 3.16. The van der Waals surface area contributed by atoms with Gasteiger partial charge in [0.15, 0.2) is 11.6 Å². The number of carbonyl (C=O) groups excluding carboxylic acids is 1. The number of hydrogen-bond acceptors (Lipinski definition) is 5. The van der Waals surface area contributed by atoms with Gasteiger partial charge < -0.3 is 20.3 Å². The van der Waals surface area contributed by atoms with Crippen molar-refractivity contribution in [3.8, 4) is 5.88 Å². The molecule has 0 bridgehead atoms. The summed E-state index contributed by atoms with van der Waals surface area (Å²) in [6.45, 7) is 0.320. The van der Waals surface area contributed by atoms with E-state index in [9.17, 15) is 18.0 Å². The molecule has 2 N–H and O–H groups in total. The van der Waals surface area contributed by atoms with E-state index in [1.165, 1.54) is 18.1 Å². The Bertz CT molecular complexity index is 651. The van der Waals surface area contributed by atoms with Gasteiger partial charge in [-0.25, -0.2) is 13.2 Å². The third kappa shape index (κ3) is 3.97. The lowest BCUT2D eigenvalue weighted by Crippen LogP contribution is -2.40. The van der Waals surface area contributed by atoms with Crippen molar-refractivity contribution >= 4 is 11.7 Å². The smallest absolute Gasteiger partial charge is 0.266 e. The molecule has 3 heterocycles. The molecule has 138 valence electrons. The van der Waals surface area contributed by atoms with E-state index in [4.69, 9.17) is 4.74 Å². The SMILES string of the molecule is COc1nc(N2CCC(F)(F)C2)c(F)cc1CNC(=O)C1CCCN1. The van der Waals surface area contributed by atoms with Crippen molar-refractivity contribution in [3.63, 3.8) is 0 Å². The first kappa shape index (κ1) is 17.8. The Labute approximate surface area is 143 Å². The van der Waals surface area contributed by atoms with Gasteiger partial charge in [-0.3, -0.25) is 4.79 Å². The molecule has 9 heteroatoms. The number of rotatable bonds is 5. The second-order valence-corrected chi connectivity index (χ2v) is 6.36. The van der Waals surface area contributed by atoms with Crippen LogP contribution in [-0.2, 0) is 11.3 Å². The van der Waals surface area contributed by atoms with Gasteiger partial charge >= 0.3 is 0 Å². The Kier molecular flexibility index (Phi) is 5.03. The first-order valence-corrected chi connectivity index (χ1v) is 8.27. The molecule has 1 aromatic rings. The lowest BCUT2D eigenvalue weighted by Gasteiger charge is -2.20. The van der Waals surface area contributed by atoms with Crippen LogP contribution >= 0.6 is 0 Å². The number of anilines is 1. The predicted octanol–water partition coefficient (Wildman–Crippen LogP) is 1.44. The van der Waals surface area contributed by atoms with Crippen LogP contribution in [0.1, 0.15) is 24.8 Å². The van der Waals surface area contributed by atoms with E-state index >= 15 is 0 Å². The molecule has 1 amide bonds. The highest BCUT2D eigenvalue weighted by atomic mass is 19.3. The second kappa shape index (κ2) is 7.07. The lowest BCUT2D eigenvalue weighted by molar-refractivity contribution is -0.122. The van der Waals surface area contributed by atoms with Gasteiger partial charge in [0.1, 0.15) is 0 Å². The Morgan fingerprint density at radius 3 is 2.96 bits per heavy atom. The summed E-state index contributed by atoms with van der Waals surface area (Å²) in [5.41, 5.74) is 0.362. The first-order valence-electron chi connectivity index (χ1n) is 8.27. The van der Waals surface area contributed by atoms with Gasteiger partial charge in [-0.05, 0) is 25.5 Å². The average molecular weight is 358 g/mol. The molecule has 3 rings (SSSR count). The Balaban J connectivity index is 1.72. The number of hydrogen-bond donors (Lipinski definition) is 2. The minimum Gasteiger partial charge on any atom is -0.481 e. The third-order valence-electron chi connectivity index (χ3n) is 4.49. The van der Waals surface area contributed by atoms with Crippen molar-refractivity contribution in [1.82, 2.24) is 15.6 Å². The quantitative estimate of drug-likeness (QED) is 0.834. The average Bonchev–Trinajstić information content (AvgIpc) is 3.22. The fraction of sp³-hybridized carbons (Fsp3) is 0.625. The zero-order valence-electron chi connectivity index (χ0n) is 13.9. The van der Waals surface area contributed by atoms with Gasteiger partial charge in [-0.1, -0.05) is 0 Å². The summed E-state index contributed by atoms with van der Waals surface area (Å²) in [6, 6.07) is 0.940. The first-order chi connectivity index (χ1) is 11.9. The predicted molar refractivity (Wildman–Crippen MR) is 85.4 cm³/mol. The molecule has 2 fully saturated rings. The molecule has 1 atom stereocenters. The van der Waals surface area contributed by atoms with Crippen LogP contribution in [0.15, 0.2) is 6.07 Å². The van der Waals surface area contributed by atoms with Gasteiger partial charge in [-0.15, -0.1) is 0 Å². The molecule has 0 saturated carbocycles. The number of aromatic nitrogens is 1. The molecular weight excluding hydrogens is 337 g/mol. The monoisotopic (exact) mass is 358 g/mol. The molecule has 2 saturated heterocycles. The number of alkyl halides is 2. The molecule has 1 unspecified atom stereocenters. The number of halogens is 3. The Morgan fingerprint density at radius 2 is 2.36 bits per heavy atom. The molecule has 0 aromatic carbocycles. The Morgan fingerprint density at radius 1 is 1.56 bits per heavy atom. The van der Waals surface area contributed by atoms with Crippen molar-refractivity contribution in [3.05, 3.63) is 17.4 Å². The van der Waals surface area contributed by atoms with Crippen LogP contribution < -0.4 is 20.3 Å². The van der Waals surface area contributed by atoms with E-state index in [0.717, 1.165) is 19.4 Å². The van der Waals surface area contributed by atoms with Crippen LogP contribution in [0.2, 0.25) is 0 Å². The number of nitrogens with one attached hydrogen (secondary N) is 2. The minimum atomic E-state index is -2.84. The fourth-order valence-electron chi connectivity index (χ4n) is 3.16. The lowest BCUT2D eigenvalue weighted by atomic mass is 10.2. The highest BCUT2D eigenvalue weighted by molar-refractivity contribution is 5.82. The van der Waals surface area contributed by atoms with Crippen molar-refractivity contribution in [2.75, 3.05) is 31.6 Å². The number of nitrogens with zero attached hydrogens (tertiary/aromatic N) is 2. The number of carbonyl (C=O) groups is 1. The van der Waals surface area contributed by atoms with Crippen molar-refractivity contribution < 1.29 is 22.7 Å². The highest BCUT2D eigenvalue weighted by Crippen LogP contribution is 2.33. The van der Waals surface area contributed by atoms with Gasteiger partial charge in [0.05, 0.1) is 19.7 Å². The molecular formula is C16H21F3N4O2. The van der Waals surface area contributed by atoms with Gasteiger partial charge in [0.25, 0.3) is 5.92 Å². The Hall–Kier alpha value is -2.03. The van der Waals surface area contributed by atoms with Crippen LogP contribution in [-0.4, -0.2) is 49.6 Å². The largest absolute Gasteiger partial charge is 0.481 e. The standard InChI is InChI=1S/C16H21F3N4O2/c1-25-15-10(8-21-14(24)12-3-2-5-20-12)7-11(17)13(22-15)23-6-4-16(18,19)9-23/h7,12,20H,2-6,8-9H2,1H3,(H,21,24). The molecule has 1 aromatic heterocycles. The molecule has 0 aliphatic carbocycles. The molecule has 0 radical (unpaired) electrons. The van der Waals surface area contributed by atoms with E-state index in [2.05, 4.69) is 15.6 Å². The highest BCUT2D eigenvalue weighted by Gasteiger charge is 2.40. The summed E-state index contributed by atoms with van der Waals surface area (Å²) < 4.78 is 46.2. The van der Waals surface area contributed by atoms with Crippen LogP contribution in [0.4, 0.5) is 19.0 Å². The number of amides is 1. The number of ether oxygens (including phenoxy) is 1.